The summed E-state index contributed by atoms with van der Waals surface area (Å²) in [6, 6.07) is 12.3. The molecule has 0 bridgehead atoms. The first kappa shape index (κ1) is 13.9. The Morgan fingerprint density at radius 3 is 2.76 bits per heavy atom. The molecule has 1 N–H and O–H groups in total. The highest BCUT2D eigenvalue weighted by Gasteiger charge is 2.14. The molecule has 0 fully saturated rings. The van der Waals surface area contributed by atoms with Crippen LogP contribution in [-0.4, -0.2) is 22.0 Å². The van der Waals surface area contributed by atoms with E-state index in [9.17, 15) is 0 Å². The van der Waals surface area contributed by atoms with Gasteiger partial charge < -0.3 is 5.32 Å². The molecule has 5 heteroatoms. The Hall–Kier alpha value is -2.11. The largest absolute Gasteiger partial charge is 0.311 e. The van der Waals surface area contributed by atoms with Gasteiger partial charge in [-0.25, -0.2) is 15.0 Å². The van der Waals surface area contributed by atoms with E-state index in [-0.39, 0.29) is 6.04 Å². The van der Waals surface area contributed by atoms with E-state index in [0.717, 1.165) is 28.4 Å². The molecule has 3 aromatic rings. The highest BCUT2D eigenvalue weighted by atomic mass is 32.1. The number of nitrogens with one attached hydrogen (secondary N) is 1. The maximum Gasteiger partial charge on any atom is 0.115 e. The van der Waals surface area contributed by atoms with E-state index in [1.165, 1.54) is 0 Å². The number of thiazole rings is 1. The van der Waals surface area contributed by atoms with Crippen LogP contribution < -0.4 is 5.32 Å². The third-order valence-electron chi connectivity index (χ3n) is 3.31. The zero-order valence-electron chi connectivity index (χ0n) is 11.7. The second-order valence-corrected chi connectivity index (χ2v) is 5.61. The first-order chi connectivity index (χ1) is 10.4. The molecule has 0 amide bonds. The van der Waals surface area contributed by atoms with E-state index in [4.69, 9.17) is 4.98 Å². The van der Waals surface area contributed by atoms with Crippen LogP contribution in [0.15, 0.2) is 54.3 Å². The van der Waals surface area contributed by atoms with Crippen LogP contribution in [0.4, 0.5) is 0 Å². The molecule has 3 rings (SSSR count). The van der Waals surface area contributed by atoms with Crippen LogP contribution in [0.1, 0.15) is 16.7 Å². The predicted octanol–water partition coefficient (Wildman–Crippen LogP) is 3.10. The van der Waals surface area contributed by atoms with Gasteiger partial charge in [0.25, 0.3) is 0 Å². The van der Waals surface area contributed by atoms with Crippen molar-refractivity contribution in [1.29, 1.82) is 0 Å². The van der Waals surface area contributed by atoms with Crippen LogP contribution in [0.5, 0.6) is 0 Å². The molecule has 106 valence electrons. The Kier molecular flexibility index (Phi) is 4.33. The van der Waals surface area contributed by atoms with Gasteiger partial charge >= 0.3 is 0 Å². The van der Waals surface area contributed by atoms with Crippen molar-refractivity contribution in [2.45, 2.75) is 12.5 Å². The Morgan fingerprint density at radius 2 is 2.05 bits per heavy atom. The summed E-state index contributed by atoms with van der Waals surface area (Å²) in [4.78, 5) is 13.0. The lowest BCUT2D eigenvalue weighted by molar-refractivity contribution is 0.573. The van der Waals surface area contributed by atoms with Gasteiger partial charge in [0.15, 0.2) is 0 Å². The van der Waals surface area contributed by atoms with Crippen molar-refractivity contribution in [3.63, 3.8) is 0 Å². The molecule has 21 heavy (non-hydrogen) atoms. The van der Waals surface area contributed by atoms with E-state index < -0.39 is 0 Å². The topological polar surface area (TPSA) is 50.7 Å². The average Bonchev–Trinajstić information content (AvgIpc) is 3.03. The molecular weight excluding hydrogens is 280 g/mol. The minimum atomic E-state index is 0.155. The van der Waals surface area contributed by atoms with E-state index >= 15 is 0 Å². The van der Waals surface area contributed by atoms with Gasteiger partial charge in [0.2, 0.25) is 0 Å². The van der Waals surface area contributed by atoms with Crippen molar-refractivity contribution < 1.29 is 0 Å². The van der Waals surface area contributed by atoms with Gasteiger partial charge in [0.05, 0.1) is 22.4 Å². The number of benzene rings is 1. The molecular formula is C16H16N4S. The summed E-state index contributed by atoms with van der Waals surface area (Å²) < 4.78 is 0. The van der Waals surface area contributed by atoms with Crippen LogP contribution in [0.3, 0.4) is 0 Å². The summed E-state index contributed by atoms with van der Waals surface area (Å²) in [5.74, 6) is 0. The molecule has 2 heterocycles. The molecule has 0 saturated heterocycles. The lowest BCUT2D eigenvalue weighted by Crippen LogP contribution is -2.20. The van der Waals surface area contributed by atoms with Crippen LogP contribution in [0, 0.1) is 0 Å². The molecule has 0 aliphatic carbocycles. The molecule has 1 aromatic carbocycles. The van der Waals surface area contributed by atoms with Crippen LogP contribution in [-0.2, 0) is 6.42 Å². The zero-order valence-corrected chi connectivity index (χ0v) is 12.5. The zero-order chi connectivity index (χ0) is 14.5. The van der Waals surface area contributed by atoms with Gasteiger partial charge in [-0.1, -0.05) is 30.3 Å². The Balaban J connectivity index is 1.78. The molecule has 1 unspecified atom stereocenters. The second-order valence-electron chi connectivity index (χ2n) is 4.67. The van der Waals surface area contributed by atoms with Crippen molar-refractivity contribution in [1.82, 2.24) is 20.3 Å². The highest BCUT2D eigenvalue weighted by molar-refractivity contribution is 7.09. The molecule has 2 aromatic heterocycles. The average molecular weight is 296 g/mol. The summed E-state index contributed by atoms with van der Waals surface area (Å²) in [6.07, 6.45) is 4.17. The Bertz CT molecular complexity index is 682. The third-order valence-corrected chi connectivity index (χ3v) is 4.18. The molecule has 0 aliphatic rings. The standard InChI is InChI=1S/C16H16N4S/c1-17-14(13-7-8-18-11-19-13)9-16-20-15(10-21-16)12-5-3-2-4-6-12/h2-8,10-11,14,17H,9H2,1H3. The molecule has 0 aliphatic heterocycles. The van der Waals surface area contributed by atoms with E-state index in [1.54, 1.807) is 23.9 Å². The van der Waals surface area contributed by atoms with Gasteiger partial charge in [0.1, 0.15) is 6.33 Å². The van der Waals surface area contributed by atoms with Crippen molar-refractivity contribution in [2.75, 3.05) is 7.05 Å². The van der Waals surface area contributed by atoms with Crippen molar-refractivity contribution in [2.24, 2.45) is 0 Å². The molecule has 4 nitrogen and oxygen atoms in total. The number of aromatic nitrogens is 3. The Morgan fingerprint density at radius 1 is 1.19 bits per heavy atom. The smallest absolute Gasteiger partial charge is 0.115 e. The first-order valence-electron chi connectivity index (χ1n) is 6.80. The quantitative estimate of drug-likeness (QED) is 0.786. The van der Waals surface area contributed by atoms with E-state index in [0.29, 0.717) is 0 Å². The van der Waals surface area contributed by atoms with Crippen LogP contribution >= 0.6 is 11.3 Å². The minimum Gasteiger partial charge on any atom is -0.311 e. The van der Waals surface area contributed by atoms with Crippen molar-refractivity contribution in [3.05, 3.63) is 65.0 Å². The summed E-state index contributed by atoms with van der Waals surface area (Å²) in [7, 11) is 1.94. The van der Waals surface area contributed by atoms with Crippen LogP contribution in [0.2, 0.25) is 0 Å². The third kappa shape index (κ3) is 3.32. The van der Waals surface area contributed by atoms with E-state index in [1.807, 2.05) is 31.3 Å². The Labute approximate surface area is 127 Å². The highest BCUT2D eigenvalue weighted by Crippen LogP contribution is 2.24. The number of rotatable bonds is 5. The molecule has 0 saturated carbocycles. The fourth-order valence-electron chi connectivity index (χ4n) is 2.18. The SMILES string of the molecule is CNC(Cc1nc(-c2ccccc2)cs1)c1ccncn1. The minimum absolute atomic E-state index is 0.155. The predicted molar refractivity (Wildman–Crippen MR) is 85.1 cm³/mol. The summed E-state index contributed by atoms with van der Waals surface area (Å²) >= 11 is 1.69. The maximum atomic E-state index is 4.73. The van der Waals surface area contributed by atoms with Crippen molar-refractivity contribution in [3.8, 4) is 11.3 Å². The number of hydrogen-bond donors (Lipinski definition) is 1. The first-order valence-corrected chi connectivity index (χ1v) is 7.68. The van der Waals surface area contributed by atoms with Crippen molar-refractivity contribution >= 4 is 11.3 Å². The lowest BCUT2D eigenvalue weighted by atomic mass is 10.1. The summed E-state index contributed by atoms with van der Waals surface area (Å²) in [5, 5.41) is 6.50. The number of likely N-dealkylation sites (N-methyl/N-ethyl adjacent to an activating group) is 1. The van der Waals surface area contributed by atoms with Gasteiger partial charge in [-0.3, -0.25) is 0 Å². The van der Waals surface area contributed by atoms with Gasteiger partial charge in [-0.2, -0.15) is 0 Å². The second kappa shape index (κ2) is 6.56. The number of hydrogen-bond acceptors (Lipinski definition) is 5. The normalized spacial score (nSPS) is 12.2. The van der Waals surface area contributed by atoms with Gasteiger partial charge in [-0.15, -0.1) is 11.3 Å². The summed E-state index contributed by atoms with van der Waals surface area (Å²) in [6.45, 7) is 0. The molecule has 0 radical (unpaired) electrons. The van der Waals surface area contributed by atoms with Crippen LogP contribution in [0.25, 0.3) is 11.3 Å². The van der Waals surface area contributed by atoms with Gasteiger partial charge in [0, 0.05) is 23.6 Å². The van der Waals surface area contributed by atoms with Gasteiger partial charge in [-0.05, 0) is 13.1 Å². The van der Waals surface area contributed by atoms with E-state index in [2.05, 4.69) is 32.8 Å². The monoisotopic (exact) mass is 296 g/mol. The number of nitrogens with zero attached hydrogens (tertiary/aromatic N) is 3. The fraction of sp³-hybridized carbons (Fsp3) is 0.188. The molecule has 0 spiro atoms. The maximum absolute atomic E-state index is 4.73. The lowest BCUT2D eigenvalue weighted by Gasteiger charge is -2.13. The fourth-order valence-corrected chi connectivity index (χ4v) is 3.03. The molecule has 1 atom stereocenters. The summed E-state index contributed by atoms with van der Waals surface area (Å²) in [5.41, 5.74) is 3.18.